The number of hydrogen-bond acceptors (Lipinski definition) is 5. The molecule has 2 heterocycles. The van der Waals surface area contributed by atoms with Crippen LogP contribution in [0.5, 0.6) is 0 Å². The maximum atomic E-state index is 5.93. The molecule has 0 aliphatic heterocycles. The van der Waals surface area contributed by atoms with Crippen LogP contribution < -0.4 is 5.32 Å². The van der Waals surface area contributed by atoms with Gasteiger partial charge in [0.2, 0.25) is 10.1 Å². The van der Waals surface area contributed by atoms with Crippen molar-refractivity contribution in [3.8, 4) is 11.3 Å². The molecule has 1 aromatic carbocycles. The molecule has 0 amide bonds. The second kappa shape index (κ2) is 6.35. The molecule has 0 spiro atoms. The third-order valence-electron chi connectivity index (χ3n) is 4.59. The van der Waals surface area contributed by atoms with Gasteiger partial charge in [-0.2, -0.15) is 0 Å². The number of anilines is 1. The molecular weight excluding hydrogens is 344 g/mol. The predicted octanol–water partition coefficient (Wildman–Crippen LogP) is 4.34. The number of hydrogen-bond donors (Lipinski definition) is 1. The van der Waals surface area contributed by atoms with E-state index < -0.39 is 0 Å². The Balaban J connectivity index is 1.45. The normalized spacial score (nSPS) is 15.8. The van der Waals surface area contributed by atoms with Gasteiger partial charge < -0.3 is 10.1 Å². The third-order valence-corrected chi connectivity index (χ3v) is 5.72. The fourth-order valence-electron chi connectivity index (χ4n) is 2.80. The van der Waals surface area contributed by atoms with Crippen molar-refractivity contribution in [1.29, 1.82) is 0 Å². The Bertz CT molecular complexity index is 807. The summed E-state index contributed by atoms with van der Waals surface area (Å²) in [5, 5.41) is 9.71. The van der Waals surface area contributed by atoms with Crippen LogP contribution in [0.4, 0.5) is 5.13 Å². The van der Waals surface area contributed by atoms with E-state index in [9.17, 15) is 0 Å². The fraction of sp³-hybridized carbons (Fsp3) is 0.412. The highest BCUT2D eigenvalue weighted by Crippen LogP contribution is 2.48. The van der Waals surface area contributed by atoms with Crippen molar-refractivity contribution in [2.24, 2.45) is 5.41 Å². The number of ether oxygens (including phenoxy) is 1. The summed E-state index contributed by atoms with van der Waals surface area (Å²) in [6, 6.07) is 7.70. The zero-order valence-corrected chi connectivity index (χ0v) is 15.0. The first kappa shape index (κ1) is 15.9. The van der Waals surface area contributed by atoms with E-state index in [2.05, 4.69) is 15.4 Å². The molecule has 126 valence electrons. The smallest absolute Gasteiger partial charge is 0.214 e. The lowest BCUT2D eigenvalue weighted by Crippen LogP contribution is -2.17. The van der Waals surface area contributed by atoms with E-state index in [4.69, 9.17) is 16.3 Å². The molecule has 1 saturated carbocycles. The zero-order valence-electron chi connectivity index (χ0n) is 13.5. The molecule has 1 aliphatic carbocycles. The molecule has 0 unspecified atom stereocenters. The number of halogens is 1. The summed E-state index contributed by atoms with van der Waals surface area (Å²) in [5.41, 5.74) is 2.36. The van der Waals surface area contributed by atoms with E-state index in [1.165, 1.54) is 12.8 Å². The number of rotatable bonds is 7. The summed E-state index contributed by atoms with van der Waals surface area (Å²) >= 11 is 7.51. The monoisotopic (exact) mass is 362 g/mol. The van der Waals surface area contributed by atoms with Gasteiger partial charge in [0.15, 0.2) is 0 Å². The van der Waals surface area contributed by atoms with E-state index in [0.29, 0.717) is 5.41 Å². The highest BCUT2D eigenvalue weighted by atomic mass is 35.5. The Kier molecular flexibility index (Phi) is 4.20. The van der Waals surface area contributed by atoms with Crippen molar-refractivity contribution in [3.05, 3.63) is 35.5 Å². The number of nitrogens with one attached hydrogen (secondary N) is 1. The van der Waals surface area contributed by atoms with Crippen molar-refractivity contribution in [2.45, 2.75) is 19.3 Å². The van der Waals surface area contributed by atoms with Gasteiger partial charge in [-0.1, -0.05) is 35.1 Å². The molecule has 0 atom stereocenters. The molecule has 24 heavy (non-hydrogen) atoms. The minimum atomic E-state index is 0.401. The molecule has 0 saturated heterocycles. The van der Waals surface area contributed by atoms with Crippen molar-refractivity contribution in [3.63, 3.8) is 0 Å². The van der Waals surface area contributed by atoms with Crippen LogP contribution in [-0.4, -0.2) is 34.9 Å². The van der Waals surface area contributed by atoms with Crippen molar-refractivity contribution >= 4 is 33.0 Å². The first-order valence-corrected chi connectivity index (χ1v) is 9.22. The predicted molar refractivity (Wildman–Crippen MR) is 98.0 cm³/mol. The minimum Gasteiger partial charge on any atom is -0.385 e. The topological polar surface area (TPSA) is 51.5 Å². The lowest BCUT2D eigenvalue weighted by Gasteiger charge is -2.14. The standard InChI is InChI=1S/C17H19ClN4OS/c1-23-9-8-17(6-7-17)11-19-15-21-22-10-14(20-16(22)24-15)12-2-4-13(18)5-3-12/h2-5,10H,6-9,11H2,1H3,(H,19,21). The Morgan fingerprint density at radius 2 is 2.12 bits per heavy atom. The first-order valence-electron chi connectivity index (χ1n) is 8.02. The summed E-state index contributed by atoms with van der Waals surface area (Å²) in [4.78, 5) is 5.55. The number of imidazole rings is 1. The molecule has 3 aromatic rings. The summed E-state index contributed by atoms with van der Waals surface area (Å²) in [6.45, 7) is 1.78. The minimum absolute atomic E-state index is 0.401. The molecular formula is C17H19ClN4OS. The number of methoxy groups -OCH3 is 1. The van der Waals surface area contributed by atoms with Crippen LogP contribution in [0.2, 0.25) is 5.02 Å². The van der Waals surface area contributed by atoms with Crippen molar-refractivity contribution < 1.29 is 4.74 Å². The van der Waals surface area contributed by atoms with Gasteiger partial charge in [0.05, 0.1) is 11.9 Å². The van der Waals surface area contributed by atoms with E-state index in [1.54, 1.807) is 18.4 Å². The van der Waals surface area contributed by atoms with Gasteiger partial charge in [0.25, 0.3) is 0 Å². The van der Waals surface area contributed by atoms with Gasteiger partial charge in [0, 0.05) is 30.8 Å². The molecule has 1 N–H and O–H groups in total. The summed E-state index contributed by atoms with van der Waals surface area (Å²) in [6.07, 6.45) is 5.61. The molecule has 4 rings (SSSR count). The Morgan fingerprint density at radius 3 is 2.79 bits per heavy atom. The Labute approximate surface area is 149 Å². The Morgan fingerprint density at radius 1 is 1.33 bits per heavy atom. The third kappa shape index (κ3) is 3.27. The van der Waals surface area contributed by atoms with E-state index >= 15 is 0 Å². The quantitative estimate of drug-likeness (QED) is 0.679. The number of benzene rings is 1. The van der Waals surface area contributed by atoms with Crippen LogP contribution in [0.15, 0.2) is 30.5 Å². The number of nitrogens with zero attached hydrogens (tertiary/aromatic N) is 3. The van der Waals surface area contributed by atoms with Gasteiger partial charge in [-0.15, -0.1) is 5.10 Å². The molecule has 0 radical (unpaired) electrons. The maximum Gasteiger partial charge on any atom is 0.214 e. The van der Waals surface area contributed by atoms with Gasteiger partial charge in [-0.3, -0.25) is 0 Å². The largest absolute Gasteiger partial charge is 0.385 e. The van der Waals surface area contributed by atoms with Crippen molar-refractivity contribution in [1.82, 2.24) is 14.6 Å². The summed E-state index contributed by atoms with van der Waals surface area (Å²) in [7, 11) is 1.76. The Hall–Kier alpha value is -1.63. The molecule has 5 nitrogen and oxygen atoms in total. The highest BCUT2D eigenvalue weighted by Gasteiger charge is 2.41. The van der Waals surface area contributed by atoms with Gasteiger partial charge in [0.1, 0.15) is 0 Å². The second-order valence-corrected chi connectivity index (χ2v) is 7.76. The molecule has 1 aliphatic rings. The number of aromatic nitrogens is 3. The summed E-state index contributed by atoms with van der Waals surface area (Å²) < 4.78 is 7.04. The molecule has 2 aromatic heterocycles. The maximum absolute atomic E-state index is 5.93. The molecule has 0 bridgehead atoms. The van der Waals surface area contributed by atoms with Gasteiger partial charge in [-0.05, 0) is 36.8 Å². The van der Waals surface area contributed by atoms with Crippen LogP contribution >= 0.6 is 22.9 Å². The zero-order chi connectivity index (χ0) is 16.6. The average molecular weight is 363 g/mol. The lowest BCUT2D eigenvalue weighted by atomic mass is 10.0. The van der Waals surface area contributed by atoms with E-state index in [-0.39, 0.29) is 0 Å². The van der Waals surface area contributed by atoms with Gasteiger partial charge >= 0.3 is 0 Å². The van der Waals surface area contributed by atoms with Crippen LogP contribution in [-0.2, 0) is 4.74 Å². The van der Waals surface area contributed by atoms with Gasteiger partial charge in [-0.25, -0.2) is 9.50 Å². The molecule has 1 fully saturated rings. The SMILES string of the molecule is COCCC1(CNc2nn3cc(-c4ccc(Cl)cc4)nc3s2)CC1. The lowest BCUT2D eigenvalue weighted by molar-refractivity contribution is 0.175. The van der Waals surface area contributed by atoms with E-state index in [1.807, 2.05) is 35.0 Å². The van der Waals surface area contributed by atoms with Crippen LogP contribution in [0.3, 0.4) is 0 Å². The van der Waals surface area contributed by atoms with Crippen molar-refractivity contribution in [2.75, 3.05) is 25.6 Å². The number of fused-ring (bicyclic) bond motifs is 1. The van der Waals surface area contributed by atoms with Crippen LogP contribution in [0.1, 0.15) is 19.3 Å². The summed E-state index contributed by atoms with van der Waals surface area (Å²) in [5.74, 6) is 0. The van der Waals surface area contributed by atoms with Crippen LogP contribution in [0.25, 0.3) is 16.2 Å². The first-order chi connectivity index (χ1) is 11.7. The molecule has 7 heteroatoms. The van der Waals surface area contributed by atoms with Crippen LogP contribution in [0, 0.1) is 5.41 Å². The average Bonchev–Trinajstić information content (AvgIpc) is 3.09. The highest BCUT2D eigenvalue weighted by molar-refractivity contribution is 7.20. The van der Waals surface area contributed by atoms with E-state index in [0.717, 1.165) is 45.9 Å². The fourth-order valence-corrected chi connectivity index (χ4v) is 3.71. The second-order valence-electron chi connectivity index (χ2n) is 6.36.